The van der Waals surface area contributed by atoms with Crippen molar-refractivity contribution in [1.29, 1.82) is 0 Å². The second-order valence-corrected chi connectivity index (χ2v) is 33.4. The Hall–Kier alpha value is -1.94. The van der Waals surface area contributed by atoms with Crippen molar-refractivity contribution in [1.82, 2.24) is 0 Å². The van der Waals surface area contributed by atoms with Crippen LogP contribution >= 0.6 is 15.6 Å². The van der Waals surface area contributed by atoms with E-state index in [0.717, 1.165) is 102 Å². The number of aliphatic hydroxyl groups is 1. The van der Waals surface area contributed by atoms with Crippen LogP contribution in [0.15, 0.2) is 0 Å². The number of carbonyl (C=O) groups excluding carboxylic acids is 4. The molecular formula is C82H160O17P2. The molecule has 600 valence electrons. The third-order valence-corrected chi connectivity index (χ3v) is 21.1. The van der Waals surface area contributed by atoms with Crippen LogP contribution in [-0.2, 0) is 65.4 Å². The molecule has 0 amide bonds. The monoisotopic (exact) mass is 1480 g/mol. The second-order valence-electron chi connectivity index (χ2n) is 30.5. The molecule has 0 bridgehead atoms. The SMILES string of the molecule is CCCCCCCCCCCCCCCCCCCCCCC(=O)O[C@H](COC(=O)CCCCCCCCCCCCCCCCC)COP(=O)(O)OC[C@@H](O)COP(=O)(O)OC[C@@H](COC(=O)CCCCCCCCCCCC(C)C)OC(=O)CCCCCCCCCCCCCC(C)C. The number of carbonyl (C=O) groups is 4. The van der Waals surface area contributed by atoms with Gasteiger partial charge in [-0.3, -0.25) is 37.3 Å². The number of hydrogen-bond acceptors (Lipinski definition) is 15. The molecule has 2 unspecified atom stereocenters. The molecule has 0 heterocycles. The molecule has 0 spiro atoms. The summed E-state index contributed by atoms with van der Waals surface area (Å²) in [5, 5.41) is 10.7. The summed E-state index contributed by atoms with van der Waals surface area (Å²) in [5.74, 6) is -0.598. The van der Waals surface area contributed by atoms with Gasteiger partial charge in [-0.2, -0.15) is 0 Å². The van der Waals surface area contributed by atoms with Crippen molar-refractivity contribution in [3.63, 3.8) is 0 Å². The predicted molar refractivity (Wildman–Crippen MR) is 414 cm³/mol. The number of rotatable bonds is 81. The highest BCUT2D eigenvalue weighted by molar-refractivity contribution is 7.47. The maximum absolute atomic E-state index is 13.1. The van der Waals surface area contributed by atoms with E-state index in [0.29, 0.717) is 25.7 Å². The first-order valence-corrected chi connectivity index (χ1v) is 45.5. The van der Waals surface area contributed by atoms with Crippen LogP contribution in [0.1, 0.15) is 433 Å². The van der Waals surface area contributed by atoms with Crippen molar-refractivity contribution in [2.24, 2.45) is 11.8 Å². The highest BCUT2D eigenvalue weighted by Gasteiger charge is 2.30. The molecule has 0 aromatic rings. The normalized spacial score (nSPS) is 13.9. The van der Waals surface area contributed by atoms with Crippen molar-refractivity contribution in [2.45, 2.75) is 452 Å². The van der Waals surface area contributed by atoms with Crippen molar-refractivity contribution in [2.75, 3.05) is 39.6 Å². The third-order valence-electron chi connectivity index (χ3n) is 19.2. The lowest BCUT2D eigenvalue weighted by molar-refractivity contribution is -0.161. The van der Waals surface area contributed by atoms with Crippen molar-refractivity contribution in [3.05, 3.63) is 0 Å². The second kappa shape index (κ2) is 73.6. The third kappa shape index (κ3) is 76.1. The van der Waals surface area contributed by atoms with Crippen molar-refractivity contribution >= 4 is 39.5 Å². The van der Waals surface area contributed by atoms with Gasteiger partial charge >= 0.3 is 39.5 Å². The van der Waals surface area contributed by atoms with E-state index in [4.69, 9.17) is 37.0 Å². The lowest BCUT2D eigenvalue weighted by Crippen LogP contribution is -2.30. The molecule has 0 rings (SSSR count). The minimum Gasteiger partial charge on any atom is -0.462 e. The number of esters is 4. The summed E-state index contributed by atoms with van der Waals surface area (Å²) in [6, 6.07) is 0. The standard InChI is InChI=1S/C82H160O17P2/c1-7-9-11-13-15-17-19-21-23-24-25-26-27-29-31-35-41-48-54-60-66-81(86)98-77(70-92-79(84)64-58-52-46-40-34-30-28-22-20-18-16-14-12-10-8-2)72-96-100(88,89)94-68-76(83)69-95-101(90,91)97-73-78(71-93-80(85)65-59-53-47-43-37-39-45-51-57-63-75(5)6)99-82(87)67-61-55-49-42-36-32-33-38-44-50-56-62-74(3)4/h74-78,83H,7-73H2,1-6H3,(H,88,89)(H,90,91)/t76-,77-,78-/m1/s1. The minimum atomic E-state index is -4.96. The van der Waals surface area contributed by atoms with Gasteiger partial charge in [0.25, 0.3) is 0 Å². The summed E-state index contributed by atoms with van der Waals surface area (Å²) in [6.45, 7) is 9.63. The van der Waals surface area contributed by atoms with Gasteiger partial charge in [-0.15, -0.1) is 0 Å². The van der Waals surface area contributed by atoms with Crippen LogP contribution in [0.25, 0.3) is 0 Å². The molecule has 0 aromatic heterocycles. The van der Waals surface area contributed by atoms with Crippen LogP contribution in [-0.4, -0.2) is 96.7 Å². The van der Waals surface area contributed by atoms with E-state index in [9.17, 15) is 43.2 Å². The van der Waals surface area contributed by atoms with Gasteiger partial charge in [-0.1, -0.05) is 382 Å². The lowest BCUT2D eigenvalue weighted by Gasteiger charge is -2.21. The number of phosphoric acid groups is 2. The summed E-state index contributed by atoms with van der Waals surface area (Å²) in [5.41, 5.74) is 0. The predicted octanol–water partition coefficient (Wildman–Crippen LogP) is 24.7. The van der Waals surface area contributed by atoms with E-state index in [-0.39, 0.29) is 25.7 Å². The number of phosphoric ester groups is 2. The molecule has 0 radical (unpaired) electrons. The van der Waals surface area contributed by atoms with E-state index in [1.54, 1.807) is 0 Å². The van der Waals surface area contributed by atoms with Crippen LogP contribution in [0.2, 0.25) is 0 Å². The Morgan fingerprint density at radius 2 is 0.455 bits per heavy atom. The van der Waals surface area contributed by atoms with E-state index in [1.165, 1.54) is 250 Å². The Morgan fingerprint density at radius 1 is 0.267 bits per heavy atom. The Morgan fingerprint density at radius 3 is 0.673 bits per heavy atom. The van der Waals surface area contributed by atoms with Crippen molar-refractivity contribution in [3.8, 4) is 0 Å². The first-order valence-electron chi connectivity index (χ1n) is 42.5. The van der Waals surface area contributed by atoms with Gasteiger partial charge in [0.15, 0.2) is 12.2 Å². The van der Waals surface area contributed by atoms with E-state index in [2.05, 4.69) is 41.5 Å². The van der Waals surface area contributed by atoms with E-state index >= 15 is 0 Å². The molecule has 19 heteroatoms. The van der Waals surface area contributed by atoms with Gasteiger partial charge < -0.3 is 33.8 Å². The van der Waals surface area contributed by atoms with Gasteiger partial charge in [0.1, 0.15) is 19.3 Å². The zero-order chi connectivity index (χ0) is 74.2. The molecule has 101 heavy (non-hydrogen) atoms. The molecule has 0 fully saturated rings. The van der Waals surface area contributed by atoms with E-state index in [1.807, 2.05) is 0 Å². The molecular weight excluding hydrogens is 1320 g/mol. The number of hydrogen-bond donors (Lipinski definition) is 3. The fraction of sp³-hybridized carbons (Fsp3) is 0.951. The smallest absolute Gasteiger partial charge is 0.462 e. The average Bonchev–Trinajstić information content (AvgIpc) is 0.924. The van der Waals surface area contributed by atoms with E-state index < -0.39 is 97.5 Å². The van der Waals surface area contributed by atoms with Crippen LogP contribution < -0.4 is 0 Å². The fourth-order valence-corrected chi connectivity index (χ4v) is 14.3. The highest BCUT2D eigenvalue weighted by atomic mass is 31.2. The van der Waals surface area contributed by atoms with Gasteiger partial charge in [0, 0.05) is 25.7 Å². The summed E-state index contributed by atoms with van der Waals surface area (Å²) >= 11 is 0. The highest BCUT2D eigenvalue weighted by Crippen LogP contribution is 2.45. The number of ether oxygens (including phenoxy) is 4. The maximum Gasteiger partial charge on any atom is 0.472 e. The largest absolute Gasteiger partial charge is 0.472 e. The molecule has 0 aliphatic heterocycles. The van der Waals surface area contributed by atoms with Gasteiger partial charge in [-0.05, 0) is 37.5 Å². The zero-order valence-corrected chi connectivity index (χ0v) is 68.0. The molecule has 0 saturated carbocycles. The van der Waals surface area contributed by atoms with Crippen LogP contribution in [0.3, 0.4) is 0 Å². The lowest BCUT2D eigenvalue weighted by atomic mass is 10.0. The van der Waals surface area contributed by atoms with Crippen LogP contribution in [0.5, 0.6) is 0 Å². The molecule has 0 aliphatic rings. The number of aliphatic hydroxyl groups excluding tert-OH is 1. The number of unbranched alkanes of at least 4 members (excludes halogenated alkanes) is 51. The Bertz CT molecular complexity index is 1940. The van der Waals surface area contributed by atoms with Gasteiger partial charge in [0.2, 0.25) is 0 Å². The summed E-state index contributed by atoms with van der Waals surface area (Å²) < 4.78 is 68.8. The van der Waals surface area contributed by atoms with Gasteiger partial charge in [-0.25, -0.2) is 9.13 Å². The molecule has 17 nitrogen and oxygen atoms in total. The topological polar surface area (TPSA) is 237 Å². The average molecular weight is 1480 g/mol. The molecule has 0 aromatic carbocycles. The molecule has 0 saturated heterocycles. The first kappa shape index (κ1) is 99.1. The van der Waals surface area contributed by atoms with Crippen LogP contribution in [0, 0.1) is 11.8 Å². The zero-order valence-electron chi connectivity index (χ0n) is 66.2. The molecule has 3 N–H and O–H groups in total. The summed E-state index contributed by atoms with van der Waals surface area (Å²) in [4.78, 5) is 73.1. The molecule has 0 aliphatic carbocycles. The Labute approximate surface area is 619 Å². The Kier molecular flexibility index (Phi) is 72.2. The maximum atomic E-state index is 13.1. The quantitative estimate of drug-likeness (QED) is 0.0222. The summed E-state index contributed by atoms with van der Waals surface area (Å²) in [7, 11) is -9.92. The Balaban J connectivity index is 5.25. The van der Waals surface area contributed by atoms with Crippen LogP contribution in [0.4, 0.5) is 0 Å². The fourth-order valence-electron chi connectivity index (χ4n) is 12.7. The van der Waals surface area contributed by atoms with Gasteiger partial charge in [0.05, 0.1) is 26.4 Å². The minimum absolute atomic E-state index is 0.106. The first-order chi connectivity index (χ1) is 48.9. The summed E-state index contributed by atoms with van der Waals surface area (Å²) in [6.07, 6.45) is 63.8. The van der Waals surface area contributed by atoms with Crippen molar-refractivity contribution < 1.29 is 80.2 Å². The molecule has 5 atom stereocenters.